The lowest BCUT2D eigenvalue weighted by Gasteiger charge is -2.10. The summed E-state index contributed by atoms with van der Waals surface area (Å²) in [7, 11) is 0. The van der Waals surface area contributed by atoms with Gasteiger partial charge in [0.1, 0.15) is 0 Å². The van der Waals surface area contributed by atoms with Crippen molar-refractivity contribution in [1.82, 2.24) is 0 Å². The second-order valence-corrected chi connectivity index (χ2v) is 4.70. The zero-order valence-corrected chi connectivity index (χ0v) is 11.3. The van der Waals surface area contributed by atoms with Gasteiger partial charge in [0.25, 0.3) is 0 Å². The van der Waals surface area contributed by atoms with Gasteiger partial charge in [-0.05, 0) is 12.0 Å². The fraction of sp³-hybridized carbons (Fsp3) is 0.562. The minimum Gasteiger partial charge on any atom is -0.211 e. The summed E-state index contributed by atoms with van der Waals surface area (Å²) < 4.78 is 0. The van der Waals surface area contributed by atoms with E-state index < -0.39 is 0 Å². The lowest BCUT2D eigenvalue weighted by Crippen LogP contribution is -1.95. The van der Waals surface area contributed by atoms with E-state index in [1.807, 2.05) is 30.3 Å². The molecule has 0 fully saturated rings. The maximum Gasteiger partial charge on any atom is 0.235 e. The second kappa shape index (κ2) is 9.61. The van der Waals surface area contributed by atoms with Gasteiger partial charge in [0.05, 0.1) is 6.04 Å². The average Bonchev–Trinajstić information content (AvgIpc) is 2.42. The SMILES string of the molecule is CCCCCCCCC(N=C=O)c1ccccc1. The summed E-state index contributed by atoms with van der Waals surface area (Å²) in [4.78, 5) is 14.4. The molecule has 0 heterocycles. The van der Waals surface area contributed by atoms with Gasteiger partial charge in [-0.1, -0.05) is 75.8 Å². The molecule has 0 bridgehead atoms. The summed E-state index contributed by atoms with van der Waals surface area (Å²) in [5.41, 5.74) is 1.12. The Morgan fingerprint density at radius 2 is 1.72 bits per heavy atom. The maximum atomic E-state index is 10.5. The number of carbonyl (C=O) groups excluding carboxylic acids is 1. The predicted octanol–water partition coefficient (Wildman–Crippen LogP) is 4.81. The lowest BCUT2D eigenvalue weighted by atomic mass is 10.0. The Hall–Kier alpha value is -1.40. The third kappa shape index (κ3) is 5.79. The van der Waals surface area contributed by atoms with Gasteiger partial charge in [-0.15, -0.1) is 0 Å². The largest absolute Gasteiger partial charge is 0.235 e. The predicted molar refractivity (Wildman–Crippen MR) is 75.3 cm³/mol. The minimum absolute atomic E-state index is 0.00475. The molecule has 0 spiro atoms. The van der Waals surface area contributed by atoms with Crippen molar-refractivity contribution in [2.24, 2.45) is 4.99 Å². The van der Waals surface area contributed by atoms with E-state index in [2.05, 4.69) is 11.9 Å². The fourth-order valence-electron chi connectivity index (χ4n) is 2.16. The van der Waals surface area contributed by atoms with Gasteiger partial charge in [-0.25, -0.2) is 4.79 Å². The van der Waals surface area contributed by atoms with E-state index in [0.717, 1.165) is 18.4 Å². The molecule has 0 aliphatic heterocycles. The van der Waals surface area contributed by atoms with Gasteiger partial charge in [0.15, 0.2) is 0 Å². The summed E-state index contributed by atoms with van der Waals surface area (Å²) >= 11 is 0. The summed E-state index contributed by atoms with van der Waals surface area (Å²) in [5, 5.41) is 0. The Morgan fingerprint density at radius 3 is 2.39 bits per heavy atom. The smallest absolute Gasteiger partial charge is 0.211 e. The number of aliphatic imine (C=N–C) groups is 1. The summed E-state index contributed by atoms with van der Waals surface area (Å²) in [6.45, 7) is 2.23. The summed E-state index contributed by atoms with van der Waals surface area (Å²) in [6.07, 6.45) is 10.2. The minimum atomic E-state index is -0.00475. The van der Waals surface area contributed by atoms with Crippen molar-refractivity contribution < 1.29 is 4.79 Å². The number of nitrogens with zero attached hydrogens (tertiary/aromatic N) is 1. The first-order chi connectivity index (χ1) is 8.88. The van der Waals surface area contributed by atoms with Gasteiger partial charge < -0.3 is 0 Å². The van der Waals surface area contributed by atoms with Crippen LogP contribution in [0, 0.1) is 0 Å². The van der Waals surface area contributed by atoms with Gasteiger partial charge in [-0.2, -0.15) is 4.99 Å². The molecule has 2 heteroatoms. The van der Waals surface area contributed by atoms with Crippen molar-refractivity contribution in [1.29, 1.82) is 0 Å². The molecule has 0 amide bonds. The van der Waals surface area contributed by atoms with Crippen molar-refractivity contribution in [3.05, 3.63) is 35.9 Å². The van der Waals surface area contributed by atoms with Gasteiger partial charge in [-0.3, -0.25) is 0 Å². The molecule has 18 heavy (non-hydrogen) atoms. The molecular weight excluding hydrogens is 222 g/mol. The highest BCUT2D eigenvalue weighted by Crippen LogP contribution is 2.23. The first-order valence-corrected chi connectivity index (χ1v) is 7.00. The van der Waals surface area contributed by atoms with Gasteiger partial charge in [0, 0.05) is 0 Å². The number of isocyanates is 1. The normalized spacial score (nSPS) is 11.8. The van der Waals surface area contributed by atoms with Crippen molar-refractivity contribution in [3.63, 3.8) is 0 Å². The van der Waals surface area contributed by atoms with Crippen LogP contribution in [0.1, 0.15) is 63.5 Å². The molecular formula is C16H23NO. The van der Waals surface area contributed by atoms with E-state index in [-0.39, 0.29) is 6.04 Å². The Labute approximate surface area is 110 Å². The Balaban J connectivity index is 2.33. The molecule has 1 aromatic rings. The molecule has 0 saturated heterocycles. The highest BCUT2D eigenvalue weighted by molar-refractivity contribution is 5.35. The number of rotatable bonds is 9. The molecule has 0 N–H and O–H groups in total. The molecule has 0 saturated carbocycles. The number of hydrogen-bond acceptors (Lipinski definition) is 2. The zero-order valence-electron chi connectivity index (χ0n) is 11.3. The molecule has 1 atom stereocenters. The maximum absolute atomic E-state index is 10.5. The van der Waals surface area contributed by atoms with E-state index in [0.29, 0.717) is 0 Å². The Morgan fingerprint density at radius 1 is 1.06 bits per heavy atom. The summed E-state index contributed by atoms with van der Waals surface area (Å²) in [5.74, 6) is 0. The monoisotopic (exact) mass is 245 g/mol. The van der Waals surface area contributed by atoms with Crippen LogP contribution in [0.15, 0.2) is 35.3 Å². The number of hydrogen-bond donors (Lipinski definition) is 0. The van der Waals surface area contributed by atoms with Crippen LogP contribution < -0.4 is 0 Å². The van der Waals surface area contributed by atoms with Gasteiger partial charge in [0.2, 0.25) is 6.08 Å². The fourth-order valence-corrected chi connectivity index (χ4v) is 2.16. The number of unbranched alkanes of at least 4 members (excludes halogenated alkanes) is 5. The van der Waals surface area contributed by atoms with Crippen LogP contribution in [0.5, 0.6) is 0 Å². The van der Waals surface area contributed by atoms with E-state index >= 15 is 0 Å². The van der Waals surface area contributed by atoms with Gasteiger partial charge >= 0.3 is 0 Å². The Kier molecular flexibility index (Phi) is 7.83. The van der Waals surface area contributed by atoms with Crippen LogP contribution in [0.25, 0.3) is 0 Å². The molecule has 98 valence electrons. The third-order valence-corrected chi connectivity index (χ3v) is 3.22. The molecule has 1 unspecified atom stereocenters. The molecule has 0 aliphatic rings. The average molecular weight is 245 g/mol. The van der Waals surface area contributed by atoms with E-state index in [1.54, 1.807) is 6.08 Å². The first-order valence-electron chi connectivity index (χ1n) is 7.00. The molecule has 0 aliphatic carbocycles. The highest BCUT2D eigenvalue weighted by atomic mass is 16.1. The topological polar surface area (TPSA) is 29.4 Å². The van der Waals surface area contributed by atoms with Crippen molar-refractivity contribution in [2.75, 3.05) is 0 Å². The van der Waals surface area contributed by atoms with Crippen LogP contribution in [0.3, 0.4) is 0 Å². The van der Waals surface area contributed by atoms with Crippen LogP contribution in [-0.4, -0.2) is 6.08 Å². The van der Waals surface area contributed by atoms with Crippen LogP contribution >= 0.6 is 0 Å². The van der Waals surface area contributed by atoms with Crippen molar-refractivity contribution >= 4 is 6.08 Å². The van der Waals surface area contributed by atoms with Crippen LogP contribution in [0.4, 0.5) is 0 Å². The van der Waals surface area contributed by atoms with E-state index in [4.69, 9.17) is 0 Å². The number of benzene rings is 1. The lowest BCUT2D eigenvalue weighted by molar-refractivity contribution is 0.532. The first kappa shape index (κ1) is 14.7. The third-order valence-electron chi connectivity index (χ3n) is 3.22. The van der Waals surface area contributed by atoms with E-state index in [1.165, 1.54) is 32.1 Å². The zero-order chi connectivity index (χ0) is 13.1. The molecule has 0 aromatic heterocycles. The van der Waals surface area contributed by atoms with Crippen molar-refractivity contribution in [3.8, 4) is 0 Å². The van der Waals surface area contributed by atoms with Crippen LogP contribution in [-0.2, 0) is 4.79 Å². The van der Waals surface area contributed by atoms with Crippen LogP contribution in [0.2, 0.25) is 0 Å². The van der Waals surface area contributed by atoms with E-state index in [9.17, 15) is 4.79 Å². The van der Waals surface area contributed by atoms with Crippen molar-refractivity contribution in [2.45, 2.75) is 57.9 Å². The molecule has 1 rings (SSSR count). The second-order valence-electron chi connectivity index (χ2n) is 4.70. The standard InChI is InChI=1S/C16H23NO/c1-2-3-4-5-6-10-13-16(17-14-18)15-11-8-7-9-12-15/h7-9,11-12,16H,2-6,10,13H2,1H3. The highest BCUT2D eigenvalue weighted by Gasteiger charge is 2.08. The molecule has 0 radical (unpaired) electrons. The molecule has 2 nitrogen and oxygen atoms in total. The Bertz CT molecular complexity index is 355. The quantitative estimate of drug-likeness (QED) is 0.348. The molecule has 1 aromatic carbocycles. The summed E-state index contributed by atoms with van der Waals surface area (Å²) in [6, 6.07) is 10.0.